The van der Waals surface area contributed by atoms with Gasteiger partial charge in [-0.1, -0.05) is 355 Å². The maximum absolute atomic E-state index is 13.1. The number of nitrogens with zero attached hydrogens (tertiary/aromatic N) is 1. The number of unbranched alkanes of at least 4 members (excludes halogenated alkanes) is 39. The highest BCUT2D eigenvalue weighted by molar-refractivity contribution is 7.47. The summed E-state index contributed by atoms with van der Waals surface area (Å²) in [6.45, 7) is 4.80. The molecule has 3 N–H and O–H groups in total. The molecule has 0 saturated carbocycles. The maximum atomic E-state index is 13.1. The second kappa shape index (κ2) is 67.8. The SMILES string of the molecule is CC/C=C\C/C=C\C/C=C\C/C=C\C/C=C\C/C=C\C/C=C\C/C=C\CCCCCCCCCCC(=O)NC(COP(=O)(O)OCC[N+](C)(C)C)C(O)CCCCCCCCCCCCCCCCCCCCCCCCCCCCCCCCCC. The summed E-state index contributed by atoms with van der Waals surface area (Å²) in [5.41, 5.74) is 0. The number of allylic oxidation sites excluding steroid dienone is 16. The standard InChI is InChI=1S/C78H143N2O6P/c1-6-8-10-12-14-16-18-20-22-24-26-28-30-32-34-36-38-40-42-44-46-48-50-52-54-56-58-60-62-64-66-68-70-72-78(82)79-76(75-86-87(83,84)85-74-73-80(3,4)5)77(81)71-69-67-65-63-61-59-57-55-53-51-49-47-45-43-41-39-37-35-33-31-29-27-25-23-21-19-17-15-13-11-9-7-2/h8,10,14,16,20,22,26,28,32,34,38,40,44,46,50,52,76-77,81H,6-7,9,11-13,15,17-19,21,23-25,27,29-31,33,35-37,39,41-43,45,47-49,51,53-75H2,1-5H3,(H-,79,82,83,84)/p+1/b10-8-,16-14-,22-20-,28-26-,34-32-,40-38-,46-44-,52-50-. The van der Waals surface area contributed by atoms with Crippen LogP contribution in [0.1, 0.15) is 341 Å². The Morgan fingerprint density at radius 1 is 0.402 bits per heavy atom. The summed E-state index contributed by atoms with van der Waals surface area (Å²) >= 11 is 0. The van der Waals surface area contributed by atoms with Crippen molar-refractivity contribution >= 4 is 13.7 Å². The largest absolute Gasteiger partial charge is 0.472 e. The average molecular weight is 1240 g/mol. The second-order valence-corrected chi connectivity index (χ2v) is 27.8. The van der Waals surface area contributed by atoms with Crippen LogP contribution in [0, 0.1) is 0 Å². The molecule has 0 spiro atoms. The molecule has 3 atom stereocenters. The zero-order valence-corrected chi connectivity index (χ0v) is 58.9. The summed E-state index contributed by atoms with van der Waals surface area (Å²) in [6, 6.07) is -0.774. The lowest BCUT2D eigenvalue weighted by atomic mass is 10.0. The highest BCUT2D eigenvalue weighted by Crippen LogP contribution is 2.43. The van der Waals surface area contributed by atoms with Crippen molar-refractivity contribution in [1.82, 2.24) is 5.32 Å². The molecule has 0 fully saturated rings. The minimum atomic E-state index is -4.34. The predicted octanol–water partition coefficient (Wildman–Crippen LogP) is 24.1. The van der Waals surface area contributed by atoms with Gasteiger partial charge in [0.15, 0.2) is 0 Å². The van der Waals surface area contributed by atoms with Gasteiger partial charge in [0.1, 0.15) is 13.2 Å². The Hall–Kier alpha value is -2.58. The Kier molecular flexibility index (Phi) is 65.8. The van der Waals surface area contributed by atoms with E-state index in [9.17, 15) is 19.4 Å². The molecule has 0 aliphatic carbocycles. The molecule has 0 saturated heterocycles. The Balaban J connectivity index is 4.06. The molecule has 0 heterocycles. The number of carbonyl (C=O) groups is 1. The third kappa shape index (κ3) is 70.7. The maximum Gasteiger partial charge on any atom is 0.472 e. The normalized spacial score (nSPS) is 14.1. The van der Waals surface area contributed by atoms with Crippen LogP contribution in [-0.2, 0) is 18.4 Å². The summed E-state index contributed by atoms with van der Waals surface area (Å²) in [5, 5.41) is 14.2. The molecule has 87 heavy (non-hydrogen) atoms. The number of rotatable bonds is 68. The molecule has 0 aliphatic heterocycles. The molecule has 0 aromatic carbocycles. The quantitative estimate of drug-likeness (QED) is 0.0243. The van der Waals surface area contributed by atoms with Crippen LogP contribution in [0.2, 0.25) is 0 Å². The lowest BCUT2D eigenvalue weighted by molar-refractivity contribution is -0.870. The topological polar surface area (TPSA) is 105 Å². The average Bonchev–Trinajstić information content (AvgIpc) is 3.71. The number of amides is 1. The van der Waals surface area contributed by atoms with Crippen molar-refractivity contribution in [2.24, 2.45) is 0 Å². The van der Waals surface area contributed by atoms with Crippen molar-refractivity contribution < 1.29 is 32.9 Å². The molecule has 0 bridgehead atoms. The van der Waals surface area contributed by atoms with Crippen LogP contribution < -0.4 is 5.32 Å². The fourth-order valence-corrected chi connectivity index (χ4v) is 11.6. The highest BCUT2D eigenvalue weighted by atomic mass is 31.2. The minimum Gasteiger partial charge on any atom is -0.391 e. The van der Waals surface area contributed by atoms with Gasteiger partial charge in [0.25, 0.3) is 0 Å². The molecule has 8 nitrogen and oxygen atoms in total. The van der Waals surface area contributed by atoms with Crippen molar-refractivity contribution in [3.63, 3.8) is 0 Å². The van der Waals surface area contributed by atoms with E-state index >= 15 is 0 Å². The van der Waals surface area contributed by atoms with Crippen LogP contribution in [0.4, 0.5) is 0 Å². The Labute approximate surface area is 540 Å². The Bertz CT molecular complexity index is 1740. The van der Waals surface area contributed by atoms with E-state index < -0.39 is 20.0 Å². The first-order valence-corrected chi connectivity index (χ1v) is 38.6. The highest BCUT2D eigenvalue weighted by Gasteiger charge is 2.28. The summed E-state index contributed by atoms with van der Waals surface area (Å²) < 4.78 is 23.9. The van der Waals surface area contributed by atoms with Gasteiger partial charge in [-0.05, 0) is 77.0 Å². The van der Waals surface area contributed by atoms with Crippen molar-refractivity contribution in [2.75, 3.05) is 40.9 Å². The summed E-state index contributed by atoms with van der Waals surface area (Å²) in [7, 11) is 1.61. The minimum absolute atomic E-state index is 0.0691. The van der Waals surface area contributed by atoms with Crippen LogP contribution in [0.5, 0.6) is 0 Å². The fraction of sp³-hybridized carbons (Fsp3) is 0.782. The molecular formula is C78H144N2O6P+. The lowest BCUT2D eigenvalue weighted by Crippen LogP contribution is -2.46. The van der Waals surface area contributed by atoms with Crippen LogP contribution in [0.25, 0.3) is 0 Å². The number of phosphoric acid groups is 1. The van der Waals surface area contributed by atoms with Gasteiger partial charge in [0.2, 0.25) is 5.91 Å². The summed E-state index contributed by atoms with van der Waals surface area (Å²) in [6.07, 6.45) is 98.1. The van der Waals surface area contributed by atoms with Crippen molar-refractivity contribution in [3.8, 4) is 0 Å². The van der Waals surface area contributed by atoms with Gasteiger partial charge in [-0.3, -0.25) is 13.8 Å². The first kappa shape index (κ1) is 84.4. The molecule has 0 aromatic heterocycles. The third-order valence-corrected chi connectivity index (χ3v) is 17.6. The fourth-order valence-electron chi connectivity index (χ4n) is 10.9. The number of aliphatic hydroxyl groups excluding tert-OH is 1. The third-order valence-electron chi connectivity index (χ3n) is 16.6. The van der Waals surface area contributed by atoms with Crippen molar-refractivity contribution in [3.05, 3.63) is 97.2 Å². The molecule has 0 aromatic rings. The Morgan fingerprint density at radius 2 is 0.690 bits per heavy atom. The lowest BCUT2D eigenvalue weighted by Gasteiger charge is -2.26. The van der Waals surface area contributed by atoms with E-state index in [-0.39, 0.29) is 19.1 Å². The number of likely N-dealkylation sites (N-methyl/N-ethyl adjacent to an activating group) is 1. The van der Waals surface area contributed by atoms with Gasteiger partial charge >= 0.3 is 7.82 Å². The number of aliphatic hydroxyl groups is 1. The van der Waals surface area contributed by atoms with Crippen LogP contribution >= 0.6 is 7.82 Å². The predicted molar refractivity (Wildman–Crippen MR) is 383 cm³/mol. The van der Waals surface area contributed by atoms with Crippen LogP contribution in [0.3, 0.4) is 0 Å². The van der Waals surface area contributed by atoms with Gasteiger partial charge in [0.05, 0.1) is 39.9 Å². The molecule has 0 radical (unpaired) electrons. The molecule has 1 amide bonds. The first-order valence-electron chi connectivity index (χ1n) is 37.1. The molecular weight excluding hydrogens is 1090 g/mol. The molecule has 9 heteroatoms. The van der Waals surface area contributed by atoms with E-state index in [2.05, 4.69) is 116 Å². The van der Waals surface area contributed by atoms with E-state index in [1.807, 2.05) is 21.1 Å². The second-order valence-electron chi connectivity index (χ2n) is 26.3. The zero-order valence-electron chi connectivity index (χ0n) is 58.0. The number of nitrogens with one attached hydrogen (secondary N) is 1. The molecule has 3 unspecified atom stereocenters. The van der Waals surface area contributed by atoms with E-state index in [1.165, 1.54) is 218 Å². The van der Waals surface area contributed by atoms with E-state index in [4.69, 9.17) is 9.05 Å². The van der Waals surface area contributed by atoms with E-state index in [0.717, 1.165) is 96.3 Å². The Morgan fingerprint density at radius 3 is 1.01 bits per heavy atom. The molecule has 0 rings (SSSR count). The van der Waals surface area contributed by atoms with Crippen molar-refractivity contribution in [1.29, 1.82) is 0 Å². The van der Waals surface area contributed by atoms with Gasteiger partial charge in [0, 0.05) is 6.42 Å². The number of quaternary nitrogens is 1. The number of carbonyl (C=O) groups excluding carboxylic acids is 1. The van der Waals surface area contributed by atoms with Crippen molar-refractivity contribution in [2.45, 2.75) is 353 Å². The van der Waals surface area contributed by atoms with Crippen LogP contribution in [-0.4, -0.2) is 73.4 Å². The monoisotopic (exact) mass is 1240 g/mol. The van der Waals surface area contributed by atoms with Gasteiger partial charge in [-0.25, -0.2) is 4.57 Å². The van der Waals surface area contributed by atoms with E-state index in [1.54, 1.807) is 0 Å². The number of hydrogen-bond donors (Lipinski definition) is 3. The molecule has 0 aliphatic rings. The zero-order chi connectivity index (χ0) is 63.4. The number of hydrogen-bond acceptors (Lipinski definition) is 5. The smallest absolute Gasteiger partial charge is 0.391 e. The van der Waals surface area contributed by atoms with Gasteiger partial charge < -0.3 is 19.8 Å². The first-order chi connectivity index (χ1) is 42.5. The van der Waals surface area contributed by atoms with Gasteiger partial charge in [-0.15, -0.1) is 0 Å². The summed E-state index contributed by atoms with van der Waals surface area (Å²) in [5.74, 6) is -0.152. The summed E-state index contributed by atoms with van der Waals surface area (Å²) in [4.78, 5) is 23.5. The van der Waals surface area contributed by atoms with Crippen LogP contribution in [0.15, 0.2) is 97.2 Å². The molecule has 506 valence electrons. The van der Waals surface area contributed by atoms with E-state index in [0.29, 0.717) is 23.9 Å². The number of phosphoric ester groups is 1. The van der Waals surface area contributed by atoms with Gasteiger partial charge in [-0.2, -0.15) is 0 Å².